The zero-order chi connectivity index (χ0) is 16.2. The van der Waals surface area contributed by atoms with Crippen molar-refractivity contribution in [2.45, 2.75) is 31.3 Å². The van der Waals surface area contributed by atoms with E-state index in [9.17, 15) is 4.79 Å². The van der Waals surface area contributed by atoms with Crippen molar-refractivity contribution in [3.8, 4) is 5.75 Å². The van der Waals surface area contributed by atoms with Gasteiger partial charge in [0.05, 0.1) is 25.9 Å². The van der Waals surface area contributed by atoms with Gasteiger partial charge in [0.25, 0.3) is 0 Å². The smallest absolute Gasteiger partial charge is 0.410 e. The van der Waals surface area contributed by atoms with Crippen molar-refractivity contribution in [2.24, 2.45) is 5.10 Å². The highest BCUT2D eigenvalue weighted by molar-refractivity contribution is 7.97. The Kier molecular flexibility index (Phi) is 5.18. The molecule has 6 nitrogen and oxygen atoms in total. The number of ether oxygens (including phenoxy) is 2. The fourth-order valence-corrected chi connectivity index (χ4v) is 2.26. The van der Waals surface area contributed by atoms with E-state index in [1.54, 1.807) is 12.0 Å². The zero-order valence-electron chi connectivity index (χ0n) is 13.3. The highest BCUT2D eigenvalue weighted by atomic mass is 32.2. The number of likely N-dealkylation sites (tertiary alicyclic amines) is 1. The lowest BCUT2D eigenvalue weighted by molar-refractivity contribution is 0.0264. The Bertz CT molecular complexity index is 544. The van der Waals surface area contributed by atoms with Crippen LogP contribution in [0.4, 0.5) is 4.79 Å². The van der Waals surface area contributed by atoms with Crippen molar-refractivity contribution in [3.63, 3.8) is 0 Å². The van der Waals surface area contributed by atoms with Crippen LogP contribution in [-0.4, -0.2) is 42.5 Å². The van der Waals surface area contributed by atoms with Gasteiger partial charge in [0, 0.05) is 16.8 Å². The lowest BCUT2D eigenvalue weighted by Gasteiger charge is -2.34. The van der Waals surface area contributed by atoms with Crippen LogP contribution in [0.5, 0.6) is 5.75 Å². The summed E-state index contributed by atoms with van der Waals surface area (Å²) in [5.74, 6) is 0.822. The number of amides is 1. The van der Waals surface area contributed by atoms with Crippen LogP contribution < -0.4 is 9.57 Å². The van der Waals surface area contributed by atoms with E-state index in [0.29, 0.717) is 13.1 Å². The van der Waals surface area contributed by atoms with Gasteiger partial charge < -0.3 is 9.47 Å². The van der Waals surface area contributed by atoms with E-state index >= 15 is 0 Å². The molecule has 1 aliphatic heterocycles. The minimum atomic E-state index is -0.466. The maximum Gasteiger partial charge on any atom is 0.410 e. The van der Waals surface area contributed by atoms with Crippen LogP contribution in [0.3, 0.4) is 0 Å². The second-order valence-corrected chi connectivity index (χ2v) is 6.74. The van der Waals surface area contributed by atoms with Gasteiger partial charge in [0.1, 0.15) is 11.4 Å². The standard InChI is InChI=1S/C15H21N3O3S/c1-15(2,3)21-14(19)18-9-11(10-18)16-17-22-13-7-5-12(20-4)6-8-13/h5-8,17H,9-10H2,1-4H3. The van der Waals surface area contributed by atoms with Crippen LogP contribution in [0.25, 0.3) is 0 Å². The van der Waals surface area contributed by atoms with Gasteiger partial charge in [-0.2, -0.15) is 5.10 Å². The zero-order valence-corrected chi connectivity index (χ0v) is 14.1. The highest BCUT2D eigenvalue weighted by Crippen LogP contribution is 2.19. The average Bonchev–Trinajstić information content (AvgIpc) is 2.39. The molecular weight excluding hydrogens is 302 g/mol. The van der Waals surface area contributed by atoms with Gasteiger partial charge in [-0.1, -0.05) is 0 Å². The van der Waals surface area contributed by atoms with Crippen LogP contribution in [0.2, 0.25) is 0 Å². The van der Waals surface area contributed by atoms with E-state index in [-0.39, 0.29) is 6.09 Å². The Hall–Kier alpha value is -1.89. The molecule has 1 aliphatic rings. The van der Waals surface area contributed by atoms with Gasteiger partial charge in [-0.3, -0.25) is 4.90 Å². The third-order valence-corrected chi connectivity index (χ3v) is 3.52. The Morgan fingerprint density at radius 2 is 1.91 bits per heavy atom. The number of hydrazone groups is 1. The molecule has 1 heterocycles. The molecule has 0 aromatic heterocycles. The number of rotatable bonds is 4. The van der Waals surface area contributed by atoms with E-state index in [0.717, 1.165) is 16.4 Å². The third kappa shape index (κ3) is 4.84. The van der Waals surface area contributed by atoms with Gasteiger partial charge >= 0.3 is 6.09 Å². The molecule has 1 amide bonds. The number of nitrogens with zero attached hydrogens (tertiary/aromatic N) is 2. The lowest BCUT2D eigenvalue weighted by Crippen LogP contribution is -2.52. The molecule has 0 saturated carbocycles. The molecule has 0 radical (unpaired) electrons. The topological polar surface area (TPSA) is 63.2 Å². The SMILES string of the molecule is COc1ccc(SNN=C2CN(C(=O)OC(C)(C)C)C2)cc1. The van der Waals surface area contributed by atoms with Crippen molar-refractivity contribution >= 4 is 23.8 Å². The Morgan fingerprint density at radius 1 is 1.27 bits per heavy atom. The summed E-state index contributed by atoms with van der Waals surface area (Å²) in [6.45, 7) is 6.57. The summed E-state index contributed by atoms with van der Waals surface area (Å²) in [7, 11) is 1.64. The maximum absolute atomic E-state index is 11.8. The van der Waals surface area contributed by atoms with Gasteiger partial charge in [0.2, 0.25) is 0 Å². The van der Waals surface area contributed by atoms with Crippen molar-refractivity contribution in [1.29, 1.82) is 0 Å². The quantitative estimate of drug-likeness (QED) is 0.682. The predicted octanol–water partition coefficient (Wildman–Crippen LogP) is 2.90. The fourth-order valence-electron chi connectivity index (χ4n) is 1.70. The van der Waals surface area contributed by atoms with Crippen LogP contribution in [0.15, 0.2) is 34.3 Å². The first-order valence-electron chi connectivity index (χ1n) is 6.96. The summed E-state index contributed by atoms with van der Waals surface area (Å²) in [6, 6.07) is 7.68. The molecular formula is C15H21N3O3S. The number of hydrogen-bond acceptors (Lipinski definition) is 6. The summed E-state index contributed by atoms with van der Waals surface area (Å²) in [4.78, 5) is 17.3. The molecule has 1 aromatic carbocycles. The van der Waals surface area contributed by atoms with Gasteiger partial charge in [0.15, 0.2) is 0 Å². The minimum absolute atomic E-state index is 0.297. The molecule has 7 heteroatoms. The molecule has 0 aliphatic carbocycles. The monoisotopic (exact) mass is 323 g/mol. The summed E-state index contributed by atoms with van der Waals surface area (Å²) < 4.78 is 10.4. The van der Waals surface area contributed by atoms with Crippen molar-refractivity contribution in [3.05, 3.63) is 24.3 Å². The third-order valence-electron chi connectivity index (χ3n) is 2.83. The predicted molar refractivity (Wildman–Crippen MR) is 87.2 cm³/mol. The van der Waals surface area contributed by atoms with Gasteiger partial charge in [-0.15, -0.1) is 0 Å². The molecule has 1 N–H and O–H groups in total. The van der Waals surface area contributed by atoms with Crippen molar-refractivity contribution in [1.82, 2.24) is 9.73 Å². The average molecular weight is 323 g/mol. The van der Waals surface area contributed by atoms with Crippen LogP contribution in [0, 0.1) is 0 Å². The summed E-state index contributed by atoms with van der Waals surface area (Å²) in [5.41, 5.74) is 0.457. The molecule has 0 atom stereocenters. The first-order valence-corrected chi connectivity index (χ1v) is 7.78. The Morgan fingerprint density at radius 3 is 2.45 bits per heavy atom. The first kappa shape index (κ1) is 16.5. The van der Waals surface area contributed by atoms with Crippen LogP contribution in [-0.2, 0) is 4.74 Å². The van der Waals surface area contributed by atoms with Crippen LogP contribution >= 0.6 is 11.9 Å². The van der Waals surface area contributed by atoms with Crippen molar-refractivity contribution in [2.75, 3.05) is 20.2 Å². The molecule has 0 spiro atoms. The summed E-state index contributed by atoms with van der Waals surface area (Å²) in [6.07, 6.45) is -0.297. The molecule has 120 valence electrons. The molecule has 1 aromatic rings. The second kappa shape index (κ2) is 6.91. The molecule has 1 fully saturated rings. The fraction of sp³-hybridized carbons (Fsp3) is 0.467. The molecule has 0 unspecified atom stereocenters. The first-order chi connectivity index (χ1) is 10.4. The van der Waals surface area contributed by atoms with Crippen LogP contribution in [0.1, 0.15) is 20.8 Å². The lowest BCUT2D eigenvalue weighted by atomic mass is 10.2. The maximum atomic E-state index is 11.8. The number of methoxy groups -OCH3 is 1. The largest absolute Gasteiger partial charge is 0.497 e. The summed E-state index contributed by atoms with van der Waals surface area (Å²) in [5, 5.41) is 4.25. The van der Waals surface area contributed by atoms with E-state index in [4.69, 9.17) is 9.47 Å². The highest BCUT2D eigenvalue weighted by Gasteiger charge is 2.30. The number of nitrogens with one attached hydrogen (secondary N) is 1. The Balaban J connectivity index is 1.72. The second-order valence-electron chi connectivity index (χ2n) is 5.88. The van der Waals surface area contributed by atoms with E-state index < -0.39 is 5.60 Å². The van der Waals surface area contributed by atoms with Gasteiger partial charge in [-0.05, 0) is 45.0 Å². The Labute approximate surface area is 135 Å². The normalized spacial score (nSPS) is 14.2. The molecule has 22 heavy (non-hydrogen) atoms. The van der Waals surface area contributed by atoms with E-state index in [1.165, 1.54) is 11.9 Å². The number of hydrogen-bond donors (Lipinski definition) is 1. The molecule has 1 saturated heterocycles. The summed E-state index contributed by atoms with van der Waals surface area (Å²) >= 11 is 1.41. The minimum Gasteiger partial charge on any atom is -0.497 e. The van der Waals surface area contributed by atoms with Gasteiger partial charge in [-0.25, -0.2) is 9.63 Å². The van der Waals surface area contributed by atoms with E-state index in [1.807, 2.05) is 45.0 Å². The molecule has 0 bridgehead atoms. The van der Waals surface area contributed by atoms with Crippen molar-refractivity contribution < 1.29 is 14.3 Å². The van der Waals surface area contributed by atoms with E-state index in [2.05, 4.69) is 9.93 Å². The number of benzene rings is 1. The molecule has 2 rings (SSSR count). The number of carbonyl (C=O) groups is 1. The number of carbonyl (C=O) groups excluding carboxylic acids is 1.